The summed E-state index contributed by atoms with van der Waals surface area (Å²) in [5.41, 5.74) is 3.15. The van der Waals surface area contributed by atoms with Crippen LogP contribution in [-0.4, -0.2) is 16.0 Å². The molecule has 6 nitrogen and oxygen atoms in total. The Morgan fingerprint density at radius 2 is 1.73 bits per heavy atom. The predicted molar refractivity (Wildman–Crippen MR) is 105 cm³/mol. The SMILES string of the molecule is Cc1cc2c(cc1Br)=NC(=O)C=2N=Nc1c(O)[nH]c2cc(Br)c(C)cc12. The molecule has 1 aromatic heterocycles. The number of halogens is 2. The predicted octanol–water partition coefficient (Wildman–Crippen LogP) is 4.07. The average Bonchev–Trinajstić information content (AvgIpc) is 3.03. The summed E-state index contributed by atoms with van der Waals surface area (Å²) < 4.78 is 1.80. The van der Waals surface area contributed by atoms with E-state index in [9.17, 15) is 9.90 Å². The van der Waals surface area contributed by atoms with Crippen LogP contribution in [-0.2, 0) is 4.79 Å². The van der Waals surface area contributed by atoms with Crippen molar-refractivity contribution >= 4 is 60.1 Å². The third-order valence-corrected chi connectivity index (χ3v) is 5.95. The summed E-state index contributed by atoms with van der Waals surface area (Å²) in [6, 6.07) is 7.39. The third-order valence-electron chi connectivity index (χ3n) is 4.24. The third kappa shape index (κ3) is 2.69. The Morgan fingerprint density at radius 3 is 2.50 bits per heavy atom. The van der Waals surface area contributed by atoms with Crippen molar-refractivity contribution in [1.29, 1.82) is 0 Å². The normalized spacial score (nSPS) is 13.7. The van der Waals surface area contributed by atoms with E-state index in [-0.39, 0.29) is 17.3 Å². The van der Waals surface area contributed by atoms with Gasteiger partial charge in [-0.05, 0) is 49.2 Å². The molecule has 2 heterocycles. The summed E-state index contributed by atoms with van der Waals surface area (Å²) in [4.78, 5) is 19.1. The smallest absolute Gasteiger partial charge is 0.298 e. The first kappa shape index (κ1) is 17.1. The van der Waals surface area contributed by atoms with Crippen LogP contribution in [0.3, 0.4) is 0 Å². The highest BCUT2D eigenvalue weighted by Crippen LogP contribution is 2.38. The number of nitrogens with one attached hydrogen (secondary N) is 1. The fraction of sp³-hybridized carbons (Fsp3) is 0.111. The number of aromatic hydroxyl groups is 1. The second kappa shape index (κ2) is 6.14. The van der Waals surface area contributed by atoms with E-state index < -0.39 is 5.91 Å². The zero-order chi connectivity index (χ0) is 18.6. The molecule has 3 aromatic rings. The van der Waals surface area contributed by atoms with Crippen LogP contribution in [0.25, 0.3) is 16.6 Å². The number of benzene rings is 2. The van der Waals surface area contributed by atoms with Crippen LogP contribution in [0.5, 0.6) is 5.88 Å². The van der Waals surface area contributed by atoms with Gasteiger partial charge in [0.05, 0.1) is 10.9 Å². The first-order valence-corrected chi connectivity index (χ1v) is 9.30. The molecule has 0 radical (unpaired) electrons. The molecule has 0 atom stereocenters. The zero-order valence-electron chi connectivity index (χ0n) is 13.8. The van der Waals surface area contributed by atoms with Crippen molar-refractivity contribution in [2.24, 2.45) is 15.2 Å². The van der Waals surface area contributed by atoms with E-state index in [1.54, 1.807) is 6.07 Å². The fourth-order valence-electron chi connectivity index (χ4n) is 2.82. The molecular weight excluding hydrogens is 464 g/mol. The summed E-state index contributed by atoms with van der Waals surface area (Å²) in [5, 5.41) is 20.4. The van der Waals surface area contributed by atoms with Gasteiger partial charge in [-0.15, -0.1) is 10.2 Å². The lowest BCUT2D eigenvalue weighted by atomic mass is 10.1. The van der Waals surface area contributed by atoms with Gasteiger partial charge in [0, 0.05) is 19.6 Å². The highest BCUT2D eigenvalue weighted by molar-refractivity contribution is 9.10. The average molecular weight is 476 g/mol. The van der Waals surface area contributed by atoms with Crippen LogP contribution in [0.15, 0.2) is 48.4 Å². The Kier molecular flexibility index (Phi) is 4.04. The minimum atomic E-state index is -0.445. The van der Waals surface area contributed by atoms with Crippen molar-refractivity contribution in [3.63, 3.8) is 0 Å². The van der Waals surface area contributed by atoms with Gasteiger partial charge in [-0.3, -0.25) is 4.79 Å². The second-order valence-electron chi connectivity index (χ2n) is 6.05. The lowest BCUT2D eigenvalue weighted by Crippen LogP contribution is -2.23. The zero-order valence-corrected chi connectivity index (χ0v) is 16.9. The van der Waals surface area contributed by atoms with Gasteiger partial charge in [0.2, 0.25) is 5.88 Å². The number of carbonyl (C=O) groups excluding carboxylic acids is 1. The lowest BCUT2D eigenvalue weighted by molar-refractivity contribution is -0.112. The molecule has 0 unspecified atom stereocenters. The molecule has 4 rings (SSSR count). The molecule has 1 amide bonds. The number of H-pyrrole nitrogens is 1. The van der Waals surface area contributed by atoms with Crippen LogP contribution >= 0.6 is 31.9 Å². The van der Waals surface area contributed by atoms with Crippen molar-refractivity contribution in [1.82, 2.24) is 4.98 Å². The molecule has 2 aromatic carbocycles. The van der Waals surface area contributed by atoms with Crippen LogP contribution in [0.2, 0.25) is 0 Å². The minimum absolute atomic E-state index is 0.101. The Hall–Kier alpha value is -2.32. The molecule has 1 aliphatic rings. The van der Waals surface area contributed by atoms with E-state index in [0.29, 0.717) is 10.6 Å². The molecule has 2 N–H and O–H groups in total. The molecule has 0 fully saturated rings. The standard InChI is InChI=1S/C18H12Br2N4O2/c1-7-3-9-13(5-11(7)19)21-17(25)15(9)23-24-16-10-4-8(2)12(20)6-14(10)22-18(16)26/h3-6,21,25H,1-2H3. The molecule has 0 aliphatic carbocycles. The fourth-order valence-corrected chi connectivity index (χ4v) is 3.50. The van der Waals surface area contributed by atoms with Gasteiger partial charge in [-0.2, -0.15) is 0 Å². The van der Waals surface area contributed by atoms with Gasteiger partial charge in [0.25, 0.3) is 5.91 Å². The van der Waals surface area contributed by atoms with Gasteiger partial charge in [0.1, 0.15) is 0 Å². The molecule has 26 heavy (non-hydrogen) atoms. The molecule has 0 saturated heterocycles. The maximum absolute atomic E-state index is 12.2. The quantitative estimate of drug-likeness (QED) is 0.547. The second-order valence-corrected chi connectivity index (χ2v) is 7.76. The highest BCUT2D eigenvalue weighted by atomic mass is 79.9. The largest absolute Gasteiger partial charge is 0.493 e. The van der Waals surface area contributed by atoms with Crippen molar-refractivity contribution < 1.29 is 9.90 Å². The van der Waals surface area contributed by atoms with Gasteiger partial charge in [-0.1, -0.05) is 31.9 Å². The minimum Gasteiger partial charge on any atom is -0.493 e. The van der Waals surface area contributed by atoms with Crippen molar-refractivity contribution in [2.75, 3.05) is 0 Å². The monoisotopic (exact) mass is 474 g/mol. The summed E-state index contributed by atoms with van der Waals surface area (Å²) >= 11 is 6.89. The van der Waals surface area contributed by atoms with Gasteiger partial charge in [-0.25, -0.2) is 4.99 Å². The van der Waals surface area contributed by atoms with Gasteiger partial charge in [0.15, 0.2) is 11.4 Å². The molecule has 0 saturated carbocycles. The Morgan fingerprint density at radius 1 is 1.04 bits per heavy atom. The molecule has 0 spiro atoms. The maximum atomic E-state index is 12.2. The van der Waals surface area contributed by atoms with E-state index in [1.165, 1.54) is 0 Å². The van der Waals surface area contributed by atoms with Gasteiger partial charge < -0.3 is 10.1 Å². The number of aryl methyl sites for hydroxylation is 2. The summed E-state index contributed by atoms with van der Waals surface area (Å²) in [6.07, 6.45) is 0. The van der Waals surface area contributed by atoms with Crippen LogP contribution in [0, 0.1) is 13.8 Å². The Labute approximate surface area is 164 Å². The number of aromatic amines is 1. The maximum Gasteiger partial charge on any atom is 0.298 e. The van der Waals surface area contributed by atoms with Crippen LogP contribution in [0.4, 0.5) is 5.69 Å². The topological polar surface area (TPSA) is 90.2 Å². The summed E-state index contributed by atoms with van der Waals surface area (Å²) in [6.45, 7) is 3.87. The molecule has 1 aliphatic heterocycles. The van der Waals surface area contributed by atoms with Gasteiger partial charge >= 0.3 is 0 Å². The number of hydrogen-bond donors (Lipinski definition) is 2. The van der Waals surface area contributed by atoms with Crippen molar-refractivity contribution in [3.05, 3.63) is 54.9 Å². The summed E-state index contributed by atoms with van der Waals surface area (Å²) in [7, 11) is 0. The van der Waals surface area contributed by atoms with Crippen molar-refractivity contribution in [2.45, 2.75) is 13.8 Å². The van der Waals surface area contributed by atoms with E-state index >= 15 is 0 Å². The van der Waals surface area contributed by atoms with E-state index in [1.807, 2.05) is 32.0 Å². The highest BCUT2D eigenvalue weighted by Gasteiger charge is 2.18. The first-order chi connectivity index (χ1) is 12.3. The molecule has 8 heteroatoms. The lowest BCUT2D eigenvalue weighted by Gasteiger charge is -1.98. The summed E-state index contributed by atoms with van der Waals surface area (Å²) in [5.74, 6) is -0.545. The molecular formula is C18H12Br2N4O2. The van der Waals surface area contributed by atoms with E-state index in [2.05, 4.69) is 52.1 Å². The number of rotatable bonds is 2. The number of amides is 1. The number of nitrogens with zero attached hydrogens (tertiary/aromatic N) is 3. The van der Waals surface area contributed by atoms with Crippen molar-refractivity contribution in [3.8, 4) is 5.88 Å². The Balaban J connectivity index is 1.89. The van der Waals surface area contributed by atoms with E-state index in [4.69, 9.17) is 0 Å². The molecule has 130 valence electrons. The Bertz CT molecular complexity index is 1260. The molecule has 0 bridgehead atoms. The van der Waals surface area contributed by atoms with Crippen LogP contribution in [0.1, 0.15) is 11.1 Å². The first-order valence-electron chi connectivity index (χ1n) is 7.71. The van der Waals surface area contributed by atoms with E-state index in [0.717, 1.165) is 31.0 Å². The number of carbonyl (C=O) groups is 1. The number of hydrogen-bond acceptors (Lipinski definition) is 4. The number of aromatic nitrogens is 1. The number of fused-ring (bicyclic) bond motifs is 2. The number of azo groups is 1. The van der Waals surface area contributed by atoms with Crippen LogP contribution < -0.4 is 10.6 Å².